The van der Waals surface area contributed by atoms with Gasteiger partial charge >= 0.3 is 1.43 Å². The van der Waals surface area contributed by atoms with E-state index >= 15 is 0 Å². The van der Waals surface area contributed by atoms with E-state index in [1.807, 2.05) is 0 Å². The van der Waals surface area contributed by atoms with E-state index in [1.54, 1.807) is 0 Å². The van der Waals surface area contributed by atoms with Crippen LogP contribution in [-0.4, -0.2) is 0 Å². The molecule has 0 aromatic heterocycles. The largest absolute Gasteiger partial charge is 1.00 e. The first-order valence-corrected chi connectivity index (χ1v) is 2.82. The van der Waals surface area contributed by atoms with Crippen molar-refractivity contribution in [2.24, 2.45) is 0 Å². The van der Waals surface area contributed by atoms with Crippen molar-refractivity contribution in [1.82, 2.24) is 0 Å². The van der Waals surface area contributed by atoms with Crippen molar-refractivity contribution in [3.05, 3.63) is 35.4 Å². The molecule has 0 bridgehead atoms. The smallest absolute Gasteiger partial charge is 0.0617 e. The molecular formula is C8H11+. The predicted molar refractivity (Wildman–Crippen MR) is 37.0 cm³/mol. The van der Waals surface area contributed by atoms with Crippen LogP contribution in [0.4, 0.5) is 0 Å². The fourth-order valence-electron chi connectivity index (χ4n) is 0.807. The number of rotatable bonds is 0. The summed E-state index contributed by atoms with van der Waals surface area (Å²) in [7, 11) is 0. The molecule has 42 valence electrons. The SMILES string of the molecule is Cc1cccc(C)c1.[H+]. The first-order valence-electron chi connectivity index (χ1n) is 2.82. The zero-order valence-corrected chi connectivity index (χ0v) is 5.31. The number of hydrogen-bond acceptors (Lipinski definition) is 0. The summed E-state index contributed by atoms with van der Waals surface area (Å²) in [6.45, 7) is 4.21. The van der Waals surface area contributed by atoms with Gasteiger partial charge in [-0.15, -0.1) is 0 Å². The first kappa shape index (κ1) is 5.36. The molecule has 0 fully saturated rings. The molecule has 0 saturated carbocycles. The summed E-state index contributed by atoms with van der Waals surface area (Å²) in [6, 6.07) is 8.45. The fourth-order valence-corrected chi connectivity index (χ4v) is 0.807. The average Bonchev–Trinajstić information content (AvgIpc) is 1.64. The molecule has 0 spiro atoms. The van der Waals surface area contributed by atoms with E-state index in [0.717, 1.165) is 0 Å². The van der Waals surface area contributed by atoms with Crippen molar-refractivity contribution in [1.29, 1.82) is 0 Å². The summed E-state index contributed by atoms with van der Waals surface area (Å²) in [5, 5.41) is 0. The summed E-state index contributed by atoms with van der Waals surface area (Å²) in [5.41, 5.74) is 2.68. The van der Waals surface area contributed by atoms with Crippen LogP contribution in [0.1, 0.15) is 12.6 Å². The van der Waals surface area contributed by atoms with Gasteiger partial charge in [0.25, 0.3) is 0 Å². The maximum atomic E-state index is 2.17. The minimum Gasteiger partial charge on any atom is -0.0617 e. The maximum Gasteiger partial charge on any atom is 1.00 e. The molecule has 0 aliphatic carbocycles. The Morgan fingerprint density at radius 1 is 1.12 bits per heavy atom. The molecule has 0 aliphatic heterocycles. The third-order valence-electron chi connectivity index (χ3n) is 1.17. The van der Waals surface area contributed by atoms with Gasteiger partial charge in [0.2, 0.25) is 0 Å². The Bertz CT molecular complexity index is 164. The van der Waals surface area contributed by atoms with Crippen LogP contribution >= 0.6 is 0 Å². The Balaban J connectivity index is 0.000000640. The van der Waals surface area contributed by atoms with Crippen LogP contribution < -0.4 is 0 Å². The normalized spacial score (nSPS) is 9.25. The fraction of sp³-hybridized carbons (Fsp3) is 0.250. The Hall–Kier alpha value is -0.780. The zero-order chi connectivity index (χ0) is 5.98. The van der Waals surface area contributed by atoms with Gasteiger partial charge in [-0.3, -0.25) is 0 Å². The van der Waals surface area contributed by atoms with Gasteiger partial charge < -0.3 is 0 Å². The first-order chi connectivity index (χ1) is 3.79. The van der Waals surface area contributed by atoms with Gasteiger partial charge in [0.15, 0.2) is 0 Å². The van der Waals surface area contributed by atoms with Crippen LogP contribution in [0, 0.1) is 13.8 Å². The highest BCUT2D eigenvalue weighted by molar-refractivity contribution is 5.20. The lowest BCUT2D eigenvalue weighted by atomic mass is 10.2. The Labute approximate surface area is 51.6 Å². The average molecular weight is 107 g/mol. The highest BCUT2D eigenvalue weighted by atomic mass is 13.9. The van der Waals surface area contributed by atoms with Crippen molar-refractivity contribution in [2.75, 3.05) is 0 Å². The molecule has 0 amide bonds. The summed E-state index contributed by atoms with van der Waals surface area (Å²) in [6.07, 6.45) is 0. The topological polar surface area (TPSA) is 0 Å². The highest BCUT2D eigenvalue weighted by Gasteiger charge is 1.80. The molecule has 0 aliphatic rings. The minimum atomic E-state index is 0. The lowest BCUT2D eigenvalue weighted by Crippen LogP contribution is -1.71. The van der Waals surface area contributed by atoms with Crippen LogP contribution in [-0.2, 0) is 0 Å². The van der Waals surface area contributed by atoms with Gasteiger partial charge in [0.05, 0.1) is 0 Å². The summed E-state index contributed by atoms with van der Waals surface area (Å²) in [5.74, 6) is 0. The van der Waals surface area contributed by atoms with Crippen LogP contribution in [0.15, 0.2) is 24.3 Å². The van der Waals surface area contributed by atoms with Gasteiger partial charge in [-0.2, -0.15) is 0 Å². The molecule has 0 N–H and O–H groups in total. The standard InChI is InChI=1S/C8H10/c1-7-4-3-5-8(2)6-7/h3-6H,1-2H3/p+1. The quantitative estimate of drug-likeness (QED) is 0.477. The molecule has 0 unspecified atom stereocenters. The van der Waals surface area contributed by atoms with Crippen LogP contribution in [0.2, 0.25) is 0 Å². The summed E-state index contributed by atoms with van der Waals surface area (Å²) in [4.78, 5) is 0. The summed E-state index contributed by atoms with van der Waals surface area (Å²) < 4.78 is 0. The van der Waals surface area contributed by atoms with E-state index in [1.165, 1.54) is 11.1 Å². The van der Waals surface area contributed by atoms with E-state index in [-0.39, 0.29) is 1.43 Å². The predicted octanol–water partition coefficient (Wildman–Crippen LogP) is 2.42. The van der Waals surface area contributed by atoms with Crippen molar-refractivity contribution in [2.45, 2.75) is 13.8 Å². The molecular weight excluding hydrogens is 96.1 g/mol. The lowest BCUT2D eigenvalue weighted by molar-refractivity contribution is 1.39. The molecule has 0 heterocycles. The summed E-state index contributed by atoms with van der Waals surface area (Å²) >= 11 is 0. The molecule has 0 atom stereocenters. The Kier molecular flexibility index (Phi) is 1.34. The van der Waals surface area contributed by atoms with Gasteiger partial charge in [0, 0.05) is 0 Å². The second-order valence-corrected chi connectivity index (χ2v) is 2.16. The van der Waals surface area contributed by atoms with Crippen LogP contribution in [0.5, 0.6) is 0 Å². The monoisotopic (exact) mass is 107 g/mol. The van der Waals surface area contributed by atoms with Crippen molar-refractivity contribution < 1.29 is 1.43 Å². The Morgan fingerprint density at radius 3 is 1.88 bits per heavy atom. The molecule has 0 nitrogen and oxygen atoms in total. The molecule has 0 radical (unpaired) electrons. The van der Waals surface area contributed by atoms with Crippen LogP contribution in [0.3, 0.4) is 0 Å². The van der Waals surface area contributed by atoms with Crippen molar-refractivity contribution in [3.8, 4) is 0 Å². The van der Waals surface area contributed by atoms with E-state index < -0.39 is 0 Å². The number of aryl methyl sites for hydroxylation is 2. The van der Waals surface area contributed by atoms with Gasteiger partial charge in [0.1, 0.15) is 0 Å². The number of benzene rings is 1. The van der Waals surface area contributed by atoms with Gasteiger partial charge in [-0.1, -0.05) is 35.4 Å². The second-order valence-electron chi connectivity index (χ2n) is 2.16. The van der Waals surface area contributed by atoms with E-state index in [2.05, 4.69) is 38.1 Å². The molecule has 0 saturated heterocycles. The molecule has 0 heteroatoms. The van der Waals surface area contributed by atoms with Gasteiger partial charge in [-0.05, 0) is 13.8 Å². The molecule has 1 aromatic carbocycles. The van der Waals surface area contributed by atoms with Crippen molar-refractivity contribution in [3.63, 3.8) is 0 Å². The van der Waals surface area contributed by atoms with E-state index in [4.69, 9.17) is 0 Å². The third-order valence-corrected chi connectivity index (χ3v) is 1.17. The maximum absolute atomic E-state index is 2.17. The molecule has 1 aromatic rings. The molecule has 8 heavy (non-hydrogen) atoms. The second kappa shape index (κ2) is 1.99. The Morgan fingerprint density at radius 2 is 1.62 bits per heavy atom. The van der Waals surface area contributed by atoms with E-state index in [9.17, 15) is 0 Å². The van der Waals surface area contributed by atoms with Crippen molar-refractivity contribution >= 4 is 0 Å². The van der Waals surface area contributed by atoms with Crippen LogP contribution in [0.25, 0.3) is 0 Å². The highest BCUT2D eigenvalue weighted by Crippen LogP contribution is 2.00. The minimum absolute atomic E-state index is 0. The number of hydrogen-bond donors (Lipinski definition) is 0. The third kappa shape index (κ3) is 1.09. The molecule has 1 rings (SSSR count). The van der Waals surface area contributed by atoms with Gasteiger partial charge in [-0.25, -0.2) is 0 Å². The lowest BCUT2D eigenvalue weighted by Gasteiger charge is -1.90. The zero-order valence-electron chi connectivity index (χ0n) is 6.31. The van der Waals surface area contributed by atoms with E-state index in [0.29, 0.717) is 0 Å².